The Balaban J connectivity index is 2.26. The normalized spacial score (nSPS) is 10.2. The Labute approximate surface area is 164 Å². The van der Waals surface area contributed by atoms with Crippen LogP contribution in [0.1, 0.15) is 52.1 Å². The van der Waals surface area contributed by atoms with E-state index in [-0.39, 0.29) is 24.8 Å². The number of carbonyl (C=O) groups is 3. The number of ketones is 1. The van der Waals surface area contributed by atoms with Gasteiger partial charge in [-0.3, -0.25) is 9.59 Å². The zero-order chi connectivity index (χ0) is 20.5. The quantitative estimate of drug-likeness (QED) is 0.486. The molecular weight excluding hydrogens is 360 g/mol. The van der Waals surface area contributed by atoms with Crippen LogP contribution < -0.4 is 4.74 Å². The molecule has 2 rings (SSSR count). The molecule has 0 bridgehead atoms. The second kappa shape index (κ2) is 10.3. The summed E-state index contributed by atoms with van der Waals surface area (Å²) >= 11 is 0. The van der Waals surface area contributed by atoms with E-state index in [2.05, 4.69) is 0 Å². The van der Waals surface area contributed by atoms with E-state index < -0.39 is 5.97 Å². The summed E-state index contributed by atoms with van der Waals surface area (Å²) in [5.74, 6) is -0.405. The molecule has 6 heteroatoms. The van der Waals surface area contributed by atoms with Crippen molar-refractivity contribution in [2.75, 3.05) is 20.3 Å². The molecule has 0 saturated carbocycles. The molecule has 28 heavy (non-hydrogen) atoms. The molecule has 0 aromatic heterocycles. The fraction of sp³-hybridized carbons (Fsp3) is 0.318. The van der Waals surface area contributed by atoms with Crippen LogP contribution in [0.5, 0.6) is 5.75 Å². The highest BCUT2D eigenvalue weighted by Gasteiger charge is 2.16. The van der Waals surface area contributed by atoms with Crippen molar-refractivity contribution in [3.8, 4) is 5.75 Å². The Morgan fingerprint density at radius 2 is 1.54 bits per heavy atom. The number of carbonyl (C=O) groups excluding carboxylic acids is 3. The summed E-state index contributed by atoms with van der Waals surface area (Å²) in [6.07, 6.45) is 0.589. The third kappa shape index (κ3) is 5.42. The first kappa shape index (κ1) is 21.2. The molecule has 2 aromatic rings. The summed E-state index contributed by atoms with van der Waals surface area (Å²) in [5.41, 5.74) is 1.89. The van der Waals surface area contributed by atoms with Gasteiger partial charge in [0.25, 0.3) is 0 Å². The van der Waals surface area contributed by atoms with Crippen molar-refractivity contribution in [1.82, 2.24) is 0 Å². The number of esters is 2. The maximum Gasteiger partial charge on any atom is 0.338 e. The second-order valence-electron chi connectivity index (χ2n) is 5.96. The molecule has 0 aliphatic carbocycles. The summed E-state index contributed by atoms with van der Waals surface area (Å²) in [6.45, 7) is 4.06. The van der Waals surface area contributed by atoms with Gasteiger partial charge in [0.2, 0.25) is 0 Å². The van der Waals surface area contributed by atoms with Gasteiger partial charge in [-0.15, -0.1) is 0 Å². The van der Waals surface area contributed by atoms with Gasteiger partial charge in [-0.25, -0.2) is 4.79 Å². The van der Waals surface area contributed by atoms with Gasteiger partial charge < -0.3 is 14.2 Å². The molecule has 0 amide bonds. The van der Waals surface area contributed by atoms with Gasteiger partial charge >= 0.3 is 11.9 Å². The summed E-state index contributed by atoms with van der Waals surface area (Å²) in [5, 5.41) is 0. The van der Waals surface area contributed by atoms with Crippen molar-refractivity contribution in [2.45, 2.75) is 26.7 Å². The molecule has 6 nitrogen and oxygen atoms in total. The maximum absolute atomic E-state index is 12.9. The summed E-state index contributed by atoms with van der Waals surface area (Å²) in [6, 6.07) is 11.5. The van der Waals surface area contributed by atoms with Gasteiger partial charge in [0, 0.05) is 17.5 Å². The van der Waals surface area contributed by atoms with E-state index in [0.717, 1.165) is 5.56 Å². The number of aryl methyl sites for hydroxylation is 1. The third-order valence-corrected chi connectivity index (χ3v) is 4.08. The number of methoxy groups -OCH3 is 1. The molecule has 0 N–H and O–H groups in total. The van der Waals surface area contributed by atoms with E-state index in [1.54, 1.807) is 50.2 Å². The van der Waals surface area contributed by atoms with E-state index in [9.17, 15) is 14.4 Å². The first-order chi connectivity index (χ1) is 13.5. The van der Waals surface area contributed by atoms with Crippen molar-refractivity contribution in [1.29, 1.82) is 0 Å². The molecule has 0 heterocycles. The number of hydrogen-bond donors (Lipinski definition) is 0. The molecule has 0 unspecified atom stereocenters. The van der Waals surface area contributed by atoms with Crippen LogP contribution in [0, 0.1) is 0 Å². The standard InChI is InChI=1S/C22H24O6/c1-4-27-20(23)12-10-15-13-17(9-11-19(15)26-3)21(24)16-7-6-8-18(14-16)22(25)28-5-2/h6-9,11,13-14H,4-5,10,12H2,1-3H3. The van der Waals surface area contributed by atoms with Gasteiger partial charge in [-0.1, -0.05) is 12.1 Å². The minimum atomic E-state index is -0.470. The van der Waals surface area contributed by atoms with E-state index in [4.69, 9.17) is 14.2 Å². The SMILES string of the molecule is CCOC(=O)CCc1cc(C(=O)c2cccc(C(=O)OCC)c2)ccc1OC. The molecule has 0 atom stereocenters. The fourth-order valence-corrected chi connectivity index (χ4v) is 2.75. The van der Waals surface area contributed by atoms with Gasteiger partial charge in [-0.2, -0.15) is 0 Å². The molecule has 148 valence electrons. The van der Waals surface area contributed by atoms with Crippen LogP contribution in [0.4, 0.5) is 0 Å². The van der Waals surface area contributed by atoms with Crippen LogP contribution in [0.3, 0.4) is 0 Å². The molecular formula is C22H24O6. The average Bonchev–Trinajstić information content (AvgIpc) is 2.72. The molecule has 0 aliphatic rings. The van der Waals surface area contributed by atoms with E-state index in [0.29, 0.717) is 35.5 Å². The molecule has 2 aromatic carbocycles. The van der Waals surface area contributed by atoms with Crippen LogP contribution in [0.15, 0.2) is 42.5 Å². The monoisotopic (exact) mass is 384 g/mol. The molecule has 0 fully saturated rings. The highest BCUT2D eigenvalue weighted by Crippen LogP contribution is 2.23. The predicted octanol–water partition coefficient (Wildman–Crippen LogP) is 3.60. The maximum atomic E-state index is 12.9. The highest BCUT2D eigenvalue weighted by atomic mass is 16.5. The number of hydrogen-bond acceptors (Lipinski definition) is 6. The Kier molecular flexibility index (Phi) is 7.75. The number of benzene rings is 2. The fourth-order valence-electron chi connectivity index (χ4n) is 2.75. The Hall–Kier alpha value is -3.15. The molecule has 0 radical (unpaired) electrons. The molecule has 0 spiro atoms. The zero-order valence-corrected chi connectivity index (χ0v) is 16.3. The van der Waals surface area contributed by atoms with Crippen molar-refractivity contribution in [3.05, 3.63) is 64.7 Å². The Morgan fingerprint density at radius 1 is 0.857 bits per heavy atom. The Bertz CT molecular complexity index is 856. The van der Waals surface area contributed by atoms with Crippen LogP contribution in [0.2, 0.25) is 0 Å². The minimum absolute atomic E-state index is 0.195. The van der Waals surface area contributed by atoms with Crippen molar-refractivity contribution >= 4 is 17.7 Å². The lowest BCUT2D eigenvalue weighted by atomic mass is 9.98. The van der Waals surface area contributed by atoms with Crippen LogP contribution in [0.25, 0.3) is 0 Å². The van der Waals surface area contributed by atoms with Gasteiger partial charge in [0.05, 0.1) is 25.9 Å². The molecule has 0 saturated heterocycles. The first-order valence-electron chi connectivity index (χ1n) is 9.14. The summed E-state index contributed by atoms with van der Waals surface area (Å²) < 4.78 is 15.3. The van der Waals surface area contributed by atoms with Crippen molar-refractivity contribution < 1.29 is 28.6 Å². The van der Waals surface area contributed by atoms with Crippen molar-refractivity contribution in [3.63, 3.8) is 0 Å². The zero-order valence-electron chi connectivity index (χ0n) is 16.3. The third-order valence-electron chi connectivity index (χ3n) is 4.08. The predicted molar refractivity (Wildman–Crippen MR) is 104 cm³/mol. The highest BCUT2D eigenvalue weighted by molar-refractivity contribution is 6.10. The largest absolute Gasteiger partial charge is 0.496 e. The van der Waals surface area contributed by atoms with Crippen molar-refractivity contribution in [2.24, 2.45) is 0 Å². The lowest BCUT2D eigenvalue weighted by Crippen LogP contribution is -2.09. The summed E-state index contributed by atoms with van der Waals surface area (Å²) in [7, 11) is 1.54. The lowest BCUT2D eigenvalue weighted by Gasteiger charge is -2.11. The number of ether oxygens (including phenoxy) is 3. The van der Waals surface area contributed by atoms with E-state index in [1.165, 1.54) is 13.2 Å². The van der Waals surface area contributed by atoms with E-state index >= 15 is 0 Å². The van der Waals surface area contributed by atoms with E-state index in [1.807, 2.05) is 0 Å². The first-order valence-corrected chi connectivity index (χ1v) is 9.14. The minimum Gasteiger partial charge on any atom is -0.496 e. The van der Waals surface area contributed by atoms with Gasteiger partial charge in [0.1, 0.15) is 5.75 Å². The molecule has 0 aliphatic heterocycles. The number of rotatable bonds is 9. The van der Waals surface area contributed by atoms with Gasteiger partial charge in [0.15, 0.2) is 5.78 Å². The smallest absolute Gasteiger partial charge is 0.338 e. The van der Waals surface area contributed by atoms with Crippen LogP contribution in [-0.2, 0) is 20.7 Å². The van der Waals surface area contributed by atoms with Gasteiger partial charge in [-0.05, 0) is 56.2 Å². The Morgan fingerprint density at radius 3 is 2.21 bits per heavy atom. The summed E-state index contributed by atoms with van der Waals surface area (Å²) in [4.78, 5) is 36.4. The lowest BCUT2D eigenvalue weighted by molar-refractivity contribution is -0.143. The van der Waals surface area contributed by atoms with Crippen LogP contribution >= 0.6 is 0 Å². The second-order valence-corrected chi connectivity index (χ2v) is 5.96. The topological polar surface area (TPSA) is 78.9 Å². The van der Waals surface area contributed by atoms with Crippen LogP contribution in [-0.4, -0.2) is 38.0 Å². The average molecular weight is 384 g/mol.